The van der Waals surface area contributed by atoms with Crippen LogP contribution < -0.4 is 9.80 Å². The molecule has 2 aromatic heterocycles. The summed E-state index contributed by atoms with van der Waals surface area (Å²) in [5.74, 6) is 2.07. The lowest BCUT2D eigenvalue weighted by Gasteiger charge is -2.37. The van der Waals surface area contributed by atoms with E-state index in [1.165, 1.54) is 30.6 Å². The molecule has 0 spiro atoms. The summed E-state index contributed by atoms with van der Waals surface area (Å²) in [7, 11) is 2.17. The summed E-state index contributed by atoms with van der Waals surface area (Å²) < 4.78 is 0. The lowest BCUT2D eigenvalue weighted by atomic mass is 10.0. The van der Waals surface area contributed by atoms with Crippen LogP contribution in [0.1, 0.15) is 40.2 Å². The van der Waals surface area contributed by atoms with Crippen molar-refractivity contribution in [2.45, 2.75) is 32.2 Å². The predicted molar refractivity (Wildman–Crippen MR) is 121 cm³/mol. The predicted octanol–water partition coefficient (Wildman–Crippen LogP) is 2.48. The first-order chi connectivity index (χ1) is 14.7. The van der Waals surface area contributed by atoms with Gasteiger partial charge in [-0.05, 0) is 37.8 Å². The van der Waals surface area contributed by atoms with Crippen LogP contribution in [-0.4, -0.2) is 78.5 Å². The maximum atomic E-state index is 13.0. The van der Waals surface area contributed by atoms with Gasteiger partial charge in [-0.1, -0.05) is 6.07 Å². The second-order valence-corrected chi connectivity index (χ2v) is 9.51. The Morgan fingerprint density at radius 2 is 1.77 bits per heavy atom. The Labute approximate surface area is 182 Å². The number of aromatic nitrogens is 2. The van der Waals surface area contributed by atoms with E-state index in [0.29, 0.717) is 6.54 Å². The molecule has 7 nitrogen and oxygen atoms in total. The van der Waals surface area contributed by atoms with Crippen molar-refractivity contribution in [3.8, 4) is 0 Å². The number of fused-ring (bicyclic) bond motifs is 1. The molecular weight excluding hydrogens is 396 g/mol. The Morgan fingerprint density at radius 1 is 0.967 bits per heavy atom. The maximum absolute atomic E-state index is 13.0. The molecule has 2 fully saturated rings. The highest BCUT2D eigenvalue weighted by atomic mass is 32.1. The maximum Gasteiger partial charge on any atom is 0.264 e. The molecule has 3 aliphatic heterocycles. The molecule has 0 aromatic carbocycles. The molecule has 0 atom stereocenters. The van der Waals surface area contributed by atoms with Gasteiger partial charge in [-0.25, -0.2) is 4.98 Å². The average molecular weight is 427 g/mol. The number of piperazine rings is 1. The number of hydrogen-bond donors (Lipinski definition) is 0. The minimum atomic E-state index is 0.128. The van der Waals surface area contributed by atoms with Crippen LogP contribution >= 0.6 is 11.3 Å². The highest BCUT2D eigenvalue weighted by Gasteiger charge is 2.30. The van der Waals surface area contributed by atoms with Gasteiger partial charge in [0.1, 0.15) is 5.82 Å². The second kappa shape index (κ2) is 8.51. The summed E-state index contributed by atoms with van der Waals surface area (Å²) in [5.41, 5.74) is 2.29. The van der Waals surface area contributed by atoms with Crippen molar-refractivity contribution in [2.75, 3.05) is 62.7 Å². The van der Waals surface area contributed by atoms with Gasteiger partial charge in [0.15, 0.2) is 0 Å². The van der Waals surface area contributed by atoms with Crippen LogP contribution in [0.3, 0.4) is 0 Å². The molecule has 30 heavy (non-hydrogen) atoms. The number of likely N-dealkylation sites (N-methyl/N-ethyl adjacent to an activating group) is 1. The number of carbonyl (C=O) groups is 1. The lowest BCUT2D eigenvalue weighted by molar-refractivity contribution is 0.0738. The molecule has 0 unspecified atom stereocenters. The van der Waals surface area contributed by atoms with E-state index in [-0.39, 0.29) is 5.91 Å². The van der Waals surface area contributed by atoms with Gasteiger partial charge in [-0.3, -0.25) is 4.79 Å². The molecule has 2 saturated heterocycles. The molecule has 5 rings (SSSR count). The number of thiophene rings is 1. The van der Waals surface area contributed by atoms with E-state index >= 15 is 0 Å². The van der Waals surface area contributed by atoms with Crippen molar-refractivity contribution in [2.24, 2.45) is 0 Å². The van der Waals surface area contributed by atoms with Gasteiger partial charge in [0.05, 0.1) is 17.1 Å². The zero-order valence-corrected chi connectivity index (χ0v) is 18.5. The fraction of sp³-hybridized carbons (Fsp3) is 0.591. The third-order valence-electron chi connectivity index (χ3n) is 6.49. The number of anilines is 2. The second-order valence-electron chi connectivity index (χ2n) is 8.56. The van der Waals surface area contributed by atoms with E-state index in [1.54, 1.807) is 0 Å². The molecule has 2 aromatic rings. The highest BCUT2D eigenvalue weighted by Crippen LogP contribution is 2.31. The SMILES string of the molecule is CN1CCN(c2nc3c(c(N4CCCCC4)n2)CN(C(=O)c2cccs2)CC3)CC1. The number of nitrogens with zero attached hydrogens (tertiary/aromatic N) is 6. The molecule has 0 saturated carbocycles. The normalized spacial score (nSPS) is 20.4. The minimum Gasteiger partial charge on any atom is -0.356 e. The third-order valence-corrected chi connectivity index (χ3v) is 7.35. The molecule has 1 amide bonds. The zero-order chi connectivity index (χ0) is 20.5. The summed E-state index contributed by atoms with van der Waals surface area (Å²) in [6.45, 7) is 7.46. The molecule has 160 valence electrons. The van der Waals surface area contributed by atoms with Crippen LogP contribution in [0.15, 0.2) is 17.5 Å². The Balaban J connectivity index is 1.47. The van der Waals surface area contributed by atoms with Gasteiger partial charge in [0.25, 0.3) is 5.91 Å². The van der Waals surface area contributed by atoms with Crippen molar-refractivity contribution in [3.05, 3.63) is 33.6 Å². The zero-order valence-electron chi connectivity index (χ0n) is 17.7. The molecular formula is C22H30N6OS. The van der Waals surface area contributed by atoms with Crippen LogP contribution in [0.2, 0.25) is 0 Å². The number of rotatable bonds is 3. The van der Waals surface area contributed by atoms with Gasteiger partial charge in [-0.15, -0.1) is 11.3 Å². The molecule has 0 N–H and O–H groups in total. The summed E-state index contributed by atoms with van der Waals surface area (Å²) in [4.78, 5) is 33.0. The Bertz CT molecular complexity index is 887. The van der Waals surface area contributed by atoms with Crippen molar-refractivity contribution in [1.29, 1.82) is 0 Å². The topological polar surface area (TPSA) is 55.8 Å². The van der Waals surface area contributed by atoms with Gasteiger partial charge in [0.2, 0.25) is 5.95 Å². The summed E-state index contributed by atoms with van der Waals surface area (Å²) in [6.07, 6.45) is 4.51. The van der Waals surface area contributed by atoms with Gasteiger partial charge < -0.3 is 19.6 Å². The highest BCUT2D eigenvalue weighted by molar-refractivity contribution is 7.12. The quantitative estimate of drug-likeness (QED) is 0.752. The van der Waals surface area contributed by atoms with Crippen molar-refractivity contribution in [3.63, 3.8) is 0 Å². The first-order valence-corrected chi connectivity index (χ1v) is 12.0. The lowest BCUT2D eigenvalue weighted by Crippen LogP contribution is -2.46. The number of hydrogen-bond acceptors (Lipinski definition) is 7. The van der Waals surface area contributed by atoms with Crippen LogP contribution in [0.4, 0.5) is 11.8 Å². The van der Waals surface area contributed by atoms with Crippen LogP contribution in [0.25, 0.3) is 0 Å². The number of piperidine rings is 1. The Hall–Kier alpha value is -2.19. The summed E-state index contributed by atoms with van der Waals surface area (Å²) in [5, 5.41) is 1.97. The molecule has 8 heteroatoms. The average Bonchev–Trinajstić information content (AvgIpc) is 3.33. The number of amides is 1. The Morgan fingerprint density at radius 3 is 2.50 bits per heavy atom. The van der Waals surface area contributed by atoms with E-state index in [2.05, 4.69) is 21.7 Å². The smallest absolute Gasteiger partial charge is 0.264 e. The fourth-order valence-electron chi connectivity index (χ4n) is 4.63. The molecule has 3 aliphatic rings. The van der Waals surface area contributed by atoms with E-state index < -0.39 is 0 Å². The minimum absolute atomic E-state index is 0.128. The van der Waals surface area contributed by atoms with E-state index in [1.807, 2.05) is 22.4 Å². The first kappa shape index (κ1) is 19.8. The van der Waals surface area contributed by atoms with Crippen LogP contribution in [0.5, 0.6) is 0 Å². The third kappa shape index (κ3) is 3.90. The van der Waals surface area contributed by atoms with Crippen LogP contribution in [0, 0.1) is 0 Å². The van der Waals surface area contributed by atoms with E-state index in [0.717, 1.165) is 80.1 Å². The largest absolute Gasteiger partial charge is 0.356 e. The fourth-order valence-corrected chi connectivity index (χ4v) is 5.32. The van der Waals surface area contributed by atoms with Crippen molar-refractivity contribution >= 4 is 29.0 Å². The van der Waals surface area contributed by atoms with E-state index in [9.17, 15) is 4.79 Å². The van der Waals surface area contributed by atoms with Gasteiger partial charge >= 0.3 is 0 Å². The summed E-state index contributed by atoms with van der Waals surface area (Å²) in [6, 6.07) is 3.86. The first-order valence-electron chi connectivity index (χ1n) is 11.1. The Kier molecular flexibility index (Phi) is 5.60. The van der Waals surface area contributed by atoms with Crippen molar-refractivity contribution < 1.29 is 4.79 Å². The van der Waals surface area contributed by atoms with Gasteiger partial charge in [0, 0.05) is 57.8 Å². The molecule has 0 bridgehead atoms. The molecule has 5 heterocycles. The van der Waals surface area contributed by atoms with E-state index in [4.69, 9.17) is 9.97 Å². The monoisotopic (exact) mass is 426 g/mol. The van der Waals surface area contributed by atoms with Crippen LogP contribution in [-0.2, 0) is 13.0 Å². The standard InChI is InChI=1S/C22H30N6OS/c1-25-11-13-27(14-12-25)22-23-18-7-10-28(21(29)19-6-5-15-30-19)16-17(18)20(24-22)26-8-3-2-4-9-26/h5-6,15H,2-4,7-14,16H2,1H3. The molecule has 0 radical (unpaired) electrons. The number of carbonyl (C=O) groups excluding carboxylic acids is 1. The van der Waals surface area contributed by atoms with Crippen molar-refractivity contribution in [1.82, 2.24) is 19.8 Å². The molecule has 0 aliphatic carbocycles. The summed E-state index contributed by atoms with van der Waals surface area (Å²) >= 11 is 1.52. The van der Waals surface area contributed by atoms with Gasteiger partial charge in [-0.2, -0.15) is 4.98 Å².